The van der Waals surface area contributed by atoms with Gasteiger partial charge >= 0.3 is 0 Å². The van der Waals surface area contributed by atoms with E-state index in [0.717, 1.165) is 0 Å². The Morgan fingerprint density at radius 1 is 1.24 bits per heavy atom. The van der Waals surface area contributed by atoms with Crippen molar-refractivity contribution in [2.24, 2.45) is 0 Å². The van der Waals surface area contributed by atoms with Crippen molar-refractivity contribution in [2.75, 3.05) is 43.6 Å². The third-order valence-corrected chi connectivity index (χ3v) is 2.16. The van der Waals surface area contributed by atoms with Gasteiger partial charge in [0, 0.05) is 26.7 Å². The van der Waals surface area contributed by atoms with Crippen molar-refractivity contribution in [3.63, 3.8) is 0 Å². The molecule has 0 fully saturated rings. The van der Waals surface area contributed by atoms with E-state index in [0.29, 0.717) is 31.4 Å². The minimum Gasteiger partial charge on any atom is -0.396 e. The third-order valence-electron chi connectivity index (χ3n) is 1.99. The zero-order valence-corrected chi connectivity index (χ0v) is 10.4. The summed E-state index contributed by atoms with van der Waals surface area (Å²) in [6.07, 6.45) is 0.602. The van der Waals surface area contributed by atoms with Crippen LogP contribution in [-0.2, 0) is 0 Å². The van der Waals surface area contributed by atoms with Gasteiger partial charge in [0.1, 0.15) is 0 Å². The molecule has 8 heteroatoms. The molecular formula is C9H16ClN5O2. The highest BCUT2D eigenvalue weighted by Gasteiger charge is 2.08. The Morgan fingerprint density at radius 2 is 2.00 bits per heavy atom. The summed E-state index contributed by atoms with van der Waals surface area (Å²) < 4.78 is 0. The first-order valence-electron chi connectivity index (χ1n) is 5.25. The van der Waals surface area contributed by atoms with Gasteiger partial charge in [-0.25, -0.2) is 0 Å². The Kier molecular flexibility index (Phi) is 5.88. The fraction of sp³-hybridized carbons (Fsp3) is 0.667. The summed E-state index contributed by atoms with van der Waals surface area (Å²) in [6.45, 7) is 1.08. The lowest BCUT2D eigenvalue weighted by molar-refractivity contribution is 0.292. The average molecular weight is 262 g/mol. The van der Waals surface area contributed by atoms with Crippen molar-refractivity contribution in [3.05, 3.63) is 5.28 Å². The number of aromatic nitrogens is 3. The number of nitrogens with one attached hydrogen (secondary N) is 1. The second-order valence-corrected chi connectivity index (χ2v) is 3.72. The van der Waals surface area contributed by atoms with Crippen LogP contribution in [0.3, 0.4) is 0 Å². The smallest absolute Gasteiger partial charge is 0.231 e. The topological polar surface area (TPSA) is 94.4 Å². The van der Waals surface area contributed by atoms with Crippen LogP contribution < -0.4 is 10.2 Å². The highest BCUT2D eigenvalue weighted by molar-refractivity contribution is 6.28. The molecule has 0 bridgehead atoms. The van der Waals surface area contributed by atoms with Crippen LogP contribution in [0.4, 0.5) is 11.9 Å². The summed E-state index contributed by atoms with van der Waals surface area (Å²) in [5.41, 5.74) is 0. The first-order chi connectivity index (χ1) is 8.17. The normalized spacial score (nSPS) is 10.4. The van der Waals surface area contributed by atoms with Gasteiger partial charge < -0.3 is 20.4 Å². The summed E-state index contributed by atoms with van der Waals surface area (Å²) in [6, 6.07) is 0. The van der Waals surface area contributed by atoms with Crippen LogP contribution in [0, 0.1) is 0 Å². The van der Waals surface area contributed by atoms with Crippen molar-refractivity contribution in [3.8, 4) is 0 Å². The molecule has 0 spiro atoms. The molecular weight excluding hydrogens is 246 g/mol. The summed E-state index contributed by atoms with van der Waals surface area (Å²) in [7, 11) is 1.75. The average Bonchev–Trinajstić information content (AvgIpc) is 2.29. The van der Waals surface area contributed by atoms with Crippen molar-refractivity contribution in [2.45, 2.75) is 6.42 Å². The maximum absolute atomic E-state index is 8.82. The SMILES string of the molecule is CN(CCO)c1nc(Cl)nc(NCCCO)n1. The molecule has 0 aliphatic carbocycles. The number of aliphatic hydroxyl groups excluding tert-OH is 2. The van der Waals surface area contributed by atoms with Gasteiger partial charge in [-0.3, -0.25) is 0 Å². The van der Waals surface area contributed by atoms with Crippen LogP contribution >= 0.6 is 11.6 Å². The monoisotopic (exact) mass is 261 g/mol. The third kappa shape index (κ3) is 4.68. The first-order valence-corrected chi connectivity index (χ1v) is 5.63. The second-order valence-electron chi connectivity index (χ2n) is 3.38. The molecule has 1 aromatic heterocycles. The van der Waals surface area contributed by atoms with Gasteiger partial charge in [-0.2, -0.15) is 15.0 Å². The van der Waals surface area contributed by atoms with Gasteiger partial charge in [-0.1, -0.05) is 0 Å². The molecule has 1 rings (SSSR count). The maximum atomic E-state index is 8.82. The first kappa shape index (κ1) is 13.9. The second kappa shape index (κ2) is 7.21. The van der Waals surface area contributed by atoms with Crippen molar-refractivity contribution >= 4 is 23.5 Å². The van der Waals surface area contributed by atoms with Gasteiger partial charge in [0.2, 0.25) is 17.2 Å². The summed E-state index contributed by atoms with van der Waals surface area (Å²) in [5, 5.41) is 20.5. The minimum atomic E-state index is 0.00702. The zero-order chi connectivity index (χ0) is 12.7. The Labute approximate surface area is 104 Å². The van der Waals surface area contributed by atoms with E-state index in [1.807, 2.05) is 0 Å². The van der Waals surface area contributed by atoms with E-state index >= 15 is 0 Å². The van der Waals surface area contributed by atoms with Crippen molar-refractivity contribution in [1.29, 1.82) is 0 Å². The molecule has 0 atom stereocenters. The number of nitrogens with zero attached hydrogens (tertiary/aromatic N) is 4. The van der Waals surface area contributed by atoms with Crippen LogP contribution in [0.15, 0.2) is 0 Å². The number of hydrogen-bond acceptors (Lipinski definition) is 7. The molecule has 0 aromatic carbocycles. The summed E-state index contributed by atoms with van der Waals surface area (Å²) >= 11 is 5.77. The van der Waals surface area contributed by atoms with E-state index in [4.69, 9.17) is 21.8 Å². The van der Waals surface area contributed by atoms with Crippen molar-refractivity contribution in [1.82, 2.24) is 15.0 Å². The van der Waals surface area contributed by atoms with Crippen LogP contribution in [0.1, 0.15) is 6.42 Å². The number of rotatable bonds is 7. The molecule has 96 valence electrons. The van der Waals surface area contributed by atoms with Gasteiger partial charge in [0.05, 0.1) is 6.61 Å². The summed E-state index contributed by atoms with van der Waals surface area (Å²) in [4.78, 5) is 13.7. The number of hydrogen-bond donors (Lipinski definition) is 3. The zero-order valence-electron chi connectivity index (χ0n) is 9.60. The molecule has 1 heterocycles. The van der Waals surface area contributed by atoms with Gasteiger partial charge in [0.15, 0.2) is 0 Å². The standard InChI is InChI=1S/C9H16ClN5O2/c1-15(4-6-17)9-13-7(10)12-8(14-9)11-3-2-5-16/h16-17H,2-6H2,1H3,(H,11,12,13,14). The molecule has 3 N–H and O–H groups in total. The predicted molar refractivity (Wildman–Crippen MR) is 65.4 cm³/mol. The number of halogens is 1. The van der Waals surface area contributed by atoms with Gasteiger partial charge in [-0.05, 0) is 18.0 Å². The van der Waals surface area contributed by atoms with E-state index in [1.165, 1.54) is 0 Å². The molecule has 7 nitrogen and oxygen atoms in total. The maximum Gasteiger partial charge on any atom is 0.231 e. The van der Waals surface area contributed by atoms with E-state index in [9.17, 15) is 0 Å². The molecule has 0 unspecified atom stereocenters. The fourth-order valence-corrected chi connectivity index (χ4v) is 1.27. The Balaban J connectivity index is 2.71. The molecule has 0 aliphatic heterocycles. The lowest BCUT2D eigenvalue weighted by Crippen LogP contribution is -2.24. The summed E-state index contributed by atoms with van der Waals surface area (Å²) in [5.74, 6) is 0.754. The predicted octanol–water partition coefficient (Wildman–Crippen LogP) is -0.252. The highest BCUT2D eigenvalue weighted by atomic mass is 35.5. The van der Waals surface area contributed by atoms with Gasteiger partial charge in [-0.15, -0.1) is 0 Å². The molecule has 0 radical (unpaired) electrons. The number of likely N-dealkylation sites (N-methyl/N-ethyl adjacent to an activating group) is 1. The molecule has 0 saturated carbocycles. The largest absolute Gasteiger partial charge is 0.396 e. The van der Waals surface area contributed by atoms with E-state index in [1.54, 1.807) is 11.9 Å². The highest BCUT2D eigenvalue weighted by Crippen LogP contribution is 2.12. The molecule has 0 amide bonds. The van der Waals surface area contributed by atoms with Crippen LogP contribution in [0.2, 0.25) is 5.28 Å². The lowest BCUT2D eigenvalue weighted by Gasteiger charge is -2.16. The fourth-order valence-electron chi connectivity index (χ4n) is 1.12. The van der Waals surface area contributed by atoms with Crippen molar-refractivity contribution < 1.29 is 10.2 Å². The Hall–Kier alpha value is -1.18. The van der Waals surface area contributed by atoms with Crippen LogP contribution in [0.25, 0.3) is 0 Å². The van der Waals surface area contributed by atoms with E-state index < -0.39 is 0 Å². The molecule has 0 aliphatic rings. The lowest BCUT2D eigenvalue weighted by atomic mass is 10.4. The quantitative estimate of drug-likeness (QED) is 0.583. The Morgan fingerprint density at radius 3 is 2.65 bits per heavy atom. The minimum absolute atomic E-state index is 0.00702. The van der Waals surface area contributed by atoms with E-state index in [2.05, 4.69) is 20.3 Å². The van der Waals surface area contributed by atoms with E-state index in [-0.39, 0.29) is 18.5 Å². The number of anilines is 2. The van der Waals surface area contributed by atoms with Crippen LogP contribution in [0.5, 0.6) is 0 Å². The van der Waals surface area contributed by atoms with Gasteiger partial charge in [0.25, 0.3) is 0 Å². The number of aliphatic hydroxyl groups is 2. The molecule has 0 saturated heterocycles. The molecule has 1 aromatic rings. The Bertz CT molecular complexity index is 352. The molecule has 17 heavy (non-hydrogen) atoms. The van der Waals surface area contributed by atoms with Crippen LogP contribution in [-0.4, -0.2) is 58.5 Å².